The second kappa shape index (κ2) is 6.67. The van der Waals surface area contributed by atoms with Gasteiger partial charge in [0.25, 0.3) is 0 Å². The Balaban J connectivity index is 2.12. The maximum absolute atomic E-state index is 11.4. The summed E-state index contributed by atoms with van der Waals surface area (Å²) in [6.45, 7) is 4.39. The van der Waals surface area contributed by atoms with Crippen LogP contribution in [0.5, 0.6) is 5.88 Å². The van der Waals surface area contributed by atoms with Crippen LogP contribution < -0.4 is 10.1 Å². The Bertz CT molecular complexity index is 657. The lowest BCUT2D eigenvalue weighted by molar-refractivity contribution is 0.392. The minimum Gasteiger partial charge on any atom is -0.481 e. The normalized spacial score (nSPS) is 12.0. The van der Waals surface area contributed by atoms with Crippen molar-refractivity contribution in [3.8, 4) is 5.88 Å². The van der Waals surface area contributed by atoms with Gasteiger partial charge in [0.1, 0.15) is 11.6 Å². The van der Waals surface area contributed by atoms with Gasteiger partial charge in [0.05, 0.1) is 12.7 Å². The molecule has 0 radical (unpaired) electrons. The lowest BCUT2D eigenvalue weighted by Gasteiger charge is -2.12. The average Bonchev–Trinajstić information content (AvgIpc) is 2.48. The fraction of sp³-hybridized carbons (Fsp3) is 0.333. The lowest BCUT2D eigenvalue weighted by Crippen LogP contribution is -2.07. The van der Waals surface area contributed by atoms with Gasteiger partial charge < -0.3 is 10.1 Å². The van der Waals surface area contributed by atoms with Crippen LogP contribution in [0.2, 0.25) is 0 Å². The largest absolute Gasteiger partial charge is 0.481 e. The summed E-state index contributed by atoms with van der Waals surface area (Å²) in [5.41, 5.74) is 1.98. The summed E-state index contributed by atoms with van der Waals surface area (Å²) in [6, 6.07) is 7.69. The molecule has 0 saturated carbocycles. The molecular formula is C15H19N3O2S. The number of hydrogen-bond acceptors (Lipinski definition) is 5. The Hall–Kier alpha value is -1.95. The maximum Gasteiger partial charge on any atom is 0.221 e. The van der Waals surface area contributed by atoms with E-state index in [0.717, 1.165) is 21.8 Å². The maximum atomic E-state index is 11.4. The first-order valence-corrected chi connectivity index (χ1v) is 8.12. The molecule has 2 aromatic rings. The van der Waals surface area contributed by atoms with Gasteiger partial charge in [-0.1, -0.05) is 12.1 Å². The molecule has 0 fully saturated rings. The third-order valence-electron chi connectivity index (χ3n) is 3.12. The second-order valence-corrected chi connectivity index (χ2v) is 6.08. The van der Waals surface area contributed by atoms with E-state index < -0.39 is 10.8 Å². The van der Waals surface area contributed by atoms with Gasteiger partial charge in [-0.3, -0.25) is 4.21 Å². The summed E-state index contributed by atoms with van der Waals surface area (Å²) >= 11 is 0. The predicted molar refractivity (Wildman–Crippen MR) is 84.2 cm³/mol. The standard InChI is InChI=1S/C15H19N3O2S/c1-10-14(17-11(2)18-15(10)20-3)16-9-12-5-7-13(8-6-12)21(4)19/h5-8H,9H2,1-4H3,(H,16,17,18)/t21-/m0/s1. The van der Waals surface area contributed by atoms with E-state index in [1.807, 2.05) is 38.1 Å². The number of benzene rings is 1. The van der Waals surface area contributed by atoms with Crippen LogP contribution in [0.25, 0.3) is 0 Å². The summed E-state index contributed by atoms with van der Waals surface area (Å²) in [6.07, 6.45) is 1.67. The van der Waals surface area contributed by atoms with E-state index in [0.29, 0.717) is 18.2 Å². The fourth-order valence-corrected chi connectivity index (χ4v) is 2.48. The number of rotatable bonds is 5. The molecule has 0 aliphatic heterocycles. The van der Waals surface area contributed by atoms with Crippen LogP contribution >= 0.6 is 0 Å². The van der Waals surface area contributed by atoms with Crippen LogP contribution in [0.3, 0.4) is 0 Å². The van der Waals surface area contributed by atoms with Crippen molar-refractivity contribution >= 4 is 16.6 Å². The number of methoxy groups -OCH3 is 1. The number of anilines is 1. The van der Waals surface area contributed by atoms with Crippen molar-refractivity contribution in [2.45, 2.75) is 25.3 Å². The van der Waals surface area contributed by atoms with Gasteiger partial charge >= 0.3 is 0 Å². The van der Waals surface area contributed by atoms with E-state index in [1.54, 1.807) is 13.4 Å². The molecule has 1 heterocycles. The molecule has 5 nitrogen and oxygen atoms in total. The van der Waals surface area contributed by atoms with Crippen LogP contribution in [0, 0.1) is 13.8 Å². The summed E-state index contributed by atoms with van der Waals surface area (Å²) in [5.74, 6) is 2.01. The van der Waals surface area contributed by atoms with Crippen molar-refractivity contribution in [1.29, 1.82) is 0 Å². The van der Waals surface area contributed by atoms with Crippen LogP contribution in [-0.4, -0.2) is 27.5 Å². The summed E-state index contributed by atoms with van der Waals surface area (Å²) in [5, 5.41) is 3.29. The zero-order valence-electron chi connectivity index (χ0n) is 12.6. The van der Waals surface area contributed by atoms with Crippen molar-refractivity contribution in [3.63, 3.8) is 0 Å². The number of aromatic nitrogens is 2. The van der Waals surface area contributed by atoms with Crippen LogP contribution in [0.4, 0.5) is 5.82 Å². The van der Waals surface area contributed by atoms with Gasteiger partial charge in [-0.15, -0.1) is 0 Å². The molecule has 0 unspecified atom stereocenters. The molecule has 21 heavy (non-hydrogen) atoms. The molecule has 0 amide bonds. The van der Waals surface area contributed by atoms with E-state index >= 15 is 0 Å². The molecule has 0 aliphatic carbocycles. The van der Waals surface area contributed by atoms with Gasteiger partial charge in [-0.05, 0) is 31.5 Å². The minimum atomic E-state index is -0.946. The molecule has 0 saturated heterocycles. The first-order valence-electron chi connectivity index (χ1n) is 6.56. The molecular weight excluding hydrogens is 286 g/mol. The zero-order chi connectivity index (χ0) is 15.4. The predicted octanol–water partition coefficient (Wildman–Crippen LogP) is 2.45. The van der Waals surface area contributed by atoms with Crippen molar-refractivity contribution < 1.29 is 8.95 Å². The molecule has 1 atom stereocenters. The quantitative estimate of drug-likeness (QED) is 0.919. The van der Waals surface area contributed by atoms with E-state index in [9.17, 15) is 4.21 Å². The average molecular weight is 305 g/mol. The monoisotopic (exact) mass is 305 g/mol. The smallest absolute Gasteiger partial charge is 0.221 e. The van der Waals surface area contributed by atoms with E-state index in [1.165, 1.54) is 0 Å². The molecule has 112 valence electrons. The highest BCUT2D eigenvalue weighted by molar-refractivity contribution is 7.84. The fourth-order valence-electron chi connectivity index (χ4n) is 1.96. The summed E-state index contributed by atoms with van der Waals surface area (Å²) in [7, 11) is 0.654. The second-order valence-electron chi connectivity index (χ2n) is 4.71. The van der Waals surface area contributed by atoms with Gasteiger partial charge in [0, 0.05) is 28.5 Å². The number of hydrogen-bond donors (Lipinski definition) is 1. The molecule has 1 aromatic carbocycles. The number of aryl methyl sites for hydroxylation is 1. The number of ether oxygens (including phenoxy) is 1. The molecule has 0 bridgehead atoms. The zero-order valence-corrected chi connectivity index (χ0v) is 13.5. The molecule has 1 N–H and O–H groups in total. The number of nitrogens with one attached hydrogen (secondary N) is 1. The van der Waals surface area contributed by atoms with Crippen molar-refractivity contribution in [1.82, 2.24) is 9.97 Å². The first kappa shape index (κ1) is 15.4. The van der Waals surface area contributed by atoms with E-state index in [2.05, 4.69) is 15.3 Å². The van der Waals surface area contributed by atoms with E-state index in [4.69, 9.17) is 4.74 Å². The molecule has 2 rings (SSSR count). The van der Waals surface area contributed by atoms with Crippen molar-refractivity contribution in [2.24, 2.45) is 0 Å². The lowest BCUT2D eigenvalue weighted by atomic mass is 10.2. The molecule has 0 aliphatic rings. The number of nitrogens with zero attached hydrogens (tertiary/aromatic N) is 2. The van der Waals surface area contributed by atoms with Gasteiger partial charge in [-0.25, -0.2) is 4.98 Å². The van der Waals surface area contributed by atoms with Crippen LogP contribution in [0.15, 0.2) is 29.2 Å². The highest BCUT2D eigenvalue weighted by Crippen LogP contribution is 2.22. The minimum absolute atomic E-state index is 0.585. The summed E-state index contributed by atoms with van der Waals surface area (Å²) in [4.78, 5) is 9.45. The third kappa shape index (κ3) is 3.78. The van der Waals surface area contributed by atoms with Crippen molar-refractivity contribution in [2.75, 3.05) is 18.7 Å². The topological polar surface area (TPSA) is 64.1 Å². The highest BCUT2D eigenvalue weighted by Gasteiger charge is 2.09. The molecule has 6 heteroatoms. The Morgan fingerprint density at radius 3 is 2.43 bits per heavy atom. The molecule has 1 aromatic heterocycles. The van der Waals surface area contributed by atoms with Crippen molar-refractivity contribution in [3.05, 3.63) is 41.2 Å². The summed E-state index contributed by atoms with van der Waals surface area (Å²) < 4.78 is 16.6. The SMILES string of the molecule is COc1nc(C)nc(NCc2ccc([S@](C)=O)cc2)c1C. The van der Waals surface area contributed by atoms with Gasteiger partial charge in [0.15, 0.2) is 0 Å². The first-order chi connectivity index (χ1) is 10.0. The Labute approximate surface area is 127 Å². The Kier molecular flexibility index (Phi) is 4.90. The third-order valence-corrected chi connectivity index (χ3v) is 4.06. The van der Waals surface area contributed by atoms with Gasteiger partial charge in [-0.2, -0.15) is 4.98 Å². The van der Waals surface area contributed by atoms with E-state index in [-0.39, 0.29) is 0 Å². The highest BCUT2D eigenvalue weighted by atomic mass is 32.2. The Morgan fingerprint density at radius 1 is 1.19 bits per heavy atom. The van der Waals surface area contributed by atoms with Gasteiger partial charge in [0.2, 0.25) is 5.88 Å². The molecule has 0 spiro atoms. The van der Waals surface area contributed by atoms with Crippen LogP contribution in [-0.2, 0) is 17.3 Å². The Morgan fingerprint density at radius 2 is 1.86 bits per heavy atom. The van der Waals surface area contributed by atoms with Crippen LogP contribution in [0.1, 0.15) is 17.0 Å².